The molecule has 0 radical (unpaired) electrons. The molecule has 0 heterocycles. The van der Waals surface area contributed by atoms with Crippen molar-refractivity contribution in [1.82, 2.24) is 0 Å². The zero-order valence-corrected chi connectivity index (χ0v) is 9.22. The Hall–Kier alpha value is -1.50. The average Bonchev–Trinajstić information content (AvgIpc) is 2.27. The molecule has 3 nitrogen and oxygen atoms in total. The molecule has 1 aromatic carbocycles. The molecular weight excluding hydrogens is 190 g/mol. The maximum Gasteiger partial charge on any atom is 0.115 e. The van der Waals surface area contributed by atoms with Crippen molar-refractivity contribution >= 4 is 0 Å². The Bertz CT molecular complexity index is 252. The van der Waals surface area contributed by atoms with Crippen LogP contribution in [0, 0.1) is 12.8 Å². The van der Waals surface area contributed by atoms with E-state index in [0.29, 0.717) is 5.75 Å². The number of aliphatic hydroxyl groups is 1. The lowest BCUT2D eigenvalue weighted by atomic mass is 10.1. The number of hydrogen-bond acceptors (Lipinski definition) is 3. The Labute approximate surface area is 91.6 Å². The van der Waals surface area contributed by atoms with E-state index in [4.69, 9.17) is 15.9 Å². The second-order valence-corrected chi connectivity index (χ2v) is 2.85. The van der Waals surface area contributed by atoms with Gasteiger partial charge in [0.1, 0.15) is 5.75 Å². The fraction of sp³-hybridized carbons (Fsp3) is 0.333. The van der Waals surface area contributed by atoms with E-state index < -0.39 is 0 Å². The largest absolute Gasteiger partial charge is 0.508 e. The molecule has 0 aromatic heterocycles. The Kier molecular flexibility index (Phi) is 11.2. The fourth-order valence-corrected chi connectivity index (χ4v) is 1.00. The molecule has 1 aromatic rings. The second kappa shape index (κ2) is 10.6. The van der Waals surface area contributed by atoms with E-state index in [-0.39, 0.29) is 6.04 Å². The van der Waals surface area contributed by atoms with Gasteiger partial charge in [-0.25, -0.2) is 0 Å². The molecule has 3 heteroatoms. The fourth-order valence-electron chi connectivity index (χ4n) is 1.00. The lowest BCUT2D eigenvalue weighted by molar-refractivity contribution is 0.399. The molecule has 0 spiro atoms. The number of rotatable bonds is 2. The zero-order valence-electron chi connectivity index (χ0n) is 9.22. The van der Waals surface area contributed by atoms with Gasteiger partial charge < -0.3 is 15.9 Å². The Morgan fingerprint density at radius 3 is 1.93 bits per heavy atom. The highest BCUT2D eigenvalue weighted by Gasteiger charge is 1.96. The van der Waals surface area contributed by atoms with Crippen molar-refractivity contribution in [2.75, 3.05) is 7.11 Å². The van der Waals surface area contributed by atoms with Gasteiger partial charge in [0, 0.05) is 13.2 Å². The Morgan fingerprint density at radius 2 is 1.60 bits per heavy atom. The summed E-state index contributed by atoms with van der Waals surface area (Å²) in [6.45, 7) is 1.97. The molecule has 0 aliphatic heterocycles. The quantitative estimate of drug-likeness (QED) is 0.640. The minimum Gasteiger partial charge on any atom is -0.508 e. The van der Waals surface area contributed by atoms with Gasteiger partial charge in [-0.1, -0.05) is 12.1 Å². The third-order valence-electron chi connectivity index (χ3n) is 1.49. The van der Waals surface area contributed by atoms with Crippen LogP contribution in [0.4, 0.5) is 0 Å². The van der Waals surface area contributed by atoms with Crippen molar-refractivity contribution in [1.29, 1.82) is 0 Å². The van der Waals surface area contributed by atoms with E-state index in [0.717, 1.165) is 19.1 Å². The molecule has 15 heavy (non-hydrogen) atoms. The molecule has 1 atom stereocenters. The third kappa shape index (κ3) is 8.82. The minimum absolute atomic E-state index is 0.180. The van der Waals surface area contributed by atoms with Crippen LogP contribution in [0.3, 0.4) is 0 Å². The highest BCUT2D eigenvalue weighted by Crippen LogP contribution is 2.10. The van der Waals surface area contributed by atoms with Crippen LogP contribution in [0.15, 0.2) is 24.3 Å². The predicted octanol–water partition coefficient (Wildman–Crippen LogP) is 1.14. The first-order valence-electron chi connectivity index (χ1n) is 4.50. The van der Waals surface area contributed by atoms with Gasteiger partial charge in [0.15, 0.2) is 0 Å². The average molecular weight is 209 g/mol. The molecular formula is C12H19NO2. The Morgan fingerprint density at radius 1 is 1.20 bits per heavy atom. The van der Waals surface area contributed by atoms with Gasteiger partial charge in [-0.2, -0.15) is 0 Å². The van der Waals surface area contributed by atoms with Gasteiger partial charge in [-0.15, -0.1) is 12.8 Å². The van der Waals surface area contributed by atoms with Crippen LogP contribution in [0.5, 0.6) is 5.75 Å². The van der Waals surface area contributed by atoms with Crippen LogP contribution in [-0.2, 0) is 6.42 Å². The van der Waals surface area contributed by atoms with Gasteiger partial charge in [0.25, 0.3) is 0 Å². The summed E-state index contributed by atoms with van der Waals surface area (Å²) in [5.74, 6) is 0.304. The van der Waals surface area contributed by atoms with E-state index in [2.05, 4.69) is 12.8 Å². The lowest BCUT2D eigenvalue weighted by Crippen LogP contribution is -2.17. The van der Waals surface area contributed by atoms with Gasteiger partial charge in [-0.05, 0) is 31.0 Å². The number of nitrogens with two attached hydrogens (primary N) is 1. The lowest BCUT2D eigenvalue weighted by Gasteiger charge is -2.03. The molecule has 0 fully saturated rings. The van der Waals surface area contributed by atoms with Crippen LogP contribution in [0.1, 0.15) is 12.5 Å². The molecule has 4 N–H and O–H groups in total. The number of benzene rings is 1. The maximum absolute atomic E-state index is 8.96. The van der Waals surface area contributed by atoms with Crippen molar-refractivity contribution < 1.29 is 10.2 Å². The number of aromatic hydroxyl groups is 1. The van der Waals surface area contributed by atoms with E-state index >= 15 is 0 Å². The van der Waals surface area contributed by atoms with Gasteiger partial charge in [-0.3, -0.25) is 0 Å². The highest BCUT2D eigenvalue weighted by molar-refractivity contribution is 5.26. The van der Waals surface area contributed by atoms with Crippen LogP contribution in [0.25, 0.3) is 0 Å². The number of hydrogen-bond donors (Lipinski definition) is 3. The minimum atomic E-state index is 0.180. The number of aliphatic hydroxyl groups excluding tert-OH is 1. The summed E-state index contributed by atoms with van der Waals surface area (Å²) in [7, 11) is 1.00. The monoisotopic (exact) mass is 209 g/mol. The predicted molar refractivity (Wildman–Crippen MR) is 63.5 cm³/mol. The van der Waals surface area contributed by atoms with Crippen molar-refractivity contribution in [2.24, 2.45) is 5.73 Å². The summed E-state index contributed by atoms with van der Waals surface area (Å²) < 4.78 is 0. The molecule has 0 saturated heterocycles. The summed E-state index contributed by atoms with van der Waals surface area (Å²) in [4.78, 5) is 0. The summed E-state index contributed by atoms with van der Waals surface area (Å²) in [6.07, 6.45) is 8.86. The molecule has 0 unspecified atom stereocenters. The standard InChI is InChI=1S/C9H13NO.C2H2.CH4O/c1-7(10)6-8-2-4-9(11)5-3-8;2*1-2/h2-5,7,11H,6,10H2,1H3;1-2H;2H,1H3/t7-;;/m0../s1. The van der Waals surface area contributed by atoms with Crippen LogP contribution in [0.2, 0.25) is 0 Å². The first kappa shape index (κ1) is 15.9. The molecule has 0 amide bonds. The molecule has 0 aliphatic carbocycles. The third-order valence-corrected chi connectivity index (χ3v) is 1.49. The smallest absolute Gasteiger partial charge is 0.115 e. The summed E-state index contributed by atoms with van der Waals surface area (Å²) in [5.41, 5.74) is 6.76. The van der Waals surface area contributed by atoms with Crippen LogP contribution in [-0.4, -0.2) is 23.4 Å². The van der Waals surface area contributed by atoms with Crippen LogP contribution >= 0.6 is 0 Å². The van der Waals surface area contributed by atoms with Crippen LogP contribution < -0.4 is 5.73 Å². The molecule has 0 bridgehead atoms. The SMILES string of the molecule is C#C.CO.C[C@H](N)Cc1ccc(O)cc1. The normalized spacial score (nSPS) is 10.0. The van der Waals surface area contributed by atoms with E-state index in [1.54, 1.807) is 12.1 Å². The number of phenolic OH excluding ortho intramolecular Hbond substituents is 1. The van der Waals surface area contributed by atoms with E-state index in [1.165, 1.54) is 0 Å². The number of phenols is 1. The van der Waals surface area contributed by atoms with Crippen molar-refractivity contribution in [3.63, 3.8) is 0 Å². The number of terminal acetylenes is 1. The summed E-state index contributed by atoms with van der Waals surface area (Å²) >= 11 is 0. The maximum atomic E-state index is 8.96. The molecule has 0 saturated carbocycles. The highest BCUT2D eigenvalue weighted by atomic mass is 16.3. The topological polar surface area (TPSA) is 66.5 Å². The molecule has 84 valence electrons. The van der Waals surface area contributed by atoms with E-state index in [9.17, 15) is 0 Å². The molecule has 0 aliphatic rings. The zero-order chi connectivity index (χ0) is 12.3. The van der Waals surface area contributed by atoms with Gasteiger partial charge in [0.05, 0.1) is 0 Å². The first-order chi connectivity index (χ1) is 7.18. The van der Waals surface area contributed by atoms with Crippen molar-refractivity contribution in [3.05, 3.63) is 29.8 Å². The van der Waals surface area contributed by atoms with Gasteiger partial charge in [0.2, 0.25) is 0 Å². The van der Waals surface area contributed by atoms with E-state index in [1.807, 2.05) is 19.1 Å². The summed E-state index contributed by atoms with van der Waals surface area (Å²) in [6, 6.07) is 7.31. The van der Waals surface area contributed by atoms with Crippen molar-refractivity contribution in [3.8, 4) is 18.6 Å². The Balaban J connectivity index is 0. The van der Waals surface area contributed by atoms with Crippen molar-refractivity contribution in [2.45, 2.75) is 19.4 Å². The molecule has 1 rings (SSSR count). The first-order valence-corrected chi connectivity index (χ1v) is 4.50. The summed E-state index contributed by atoms with van der Waals surface area (Å²) in [5, 5.41) is 16.0. The second-order valence-electron chi connectivity index (χ2n) is 2.85. The van der Waals surface area contributed by atoms with Gasteiger partial charge >= 0.3 is 0 Å².